The lowest BCUT2D eigenvalue weighted by atomic mass is 9.98. The quantitative estimate of drug-likeness (QED) is 0.610. The fourth-order valence-corrected chi connectivity index (χ4v) is 2.33. The van der Waals surface area contributed by atoms with Gasteiger partial charge >= 0.3 is 5.97 Å². The summed E-state index contributed by atoms with van der Waals surface area (Å²) in [5.41, 5.74) is 0.688. The average Bonchev–Trinajstić information content (AvgIpc) is 2.61. The van der Waals surface area contributed by atoms with Crippen molar-refractivity contribution in [1.29, 1.82) is 0 Å². The monoisotopic (exact) mass is 357 g/mol. The lowest BCUT2D eigenvalue weighted by Gasteiger charge is -2.11. The van der Waals surface area contributed by atoms with Gasteiger partial charge in [0, 0.05) is 17.7 Å². The van der Waals surface area contributed by atoms with Crippen LogP contribution in [0, 0.1) is 5.82 Å². The fraction of sp³-hybridized carbons (Fsp3) is 0.250. The van der Waals surface area contributed by atoms with E-state index in [4.69, 9.17) is 4.74 Å². The molecule has 0 unspecified atom stereocenters. The van der Waals surface area contributed by atoms with Gasteiger partial charge in [0.15, 0.2) is 5.78 Å². The number of hydrogen-bond acceptors (Lipinski definition) is 4. The van der Waals surface area contributed by atoms with Gasteiger partial charge in [-0.2, -0.15) is 0 Å². The smallest absolute Gasteiger partial charge is 0.307 e. The first-order valence-corrected chi connectivity index (χ1v) is 8.25. The molecule has 0 aliphatic carbocycles. The third kappa shape index (κ3) is 5.24. The molecule has 0 spiro atoms. The number of hydrogen-bond donors (Lipinski definition) is 1. The summed E-state index contributed by atoms with van der Waals surface area (Å²) >= 11 is 0. The Morgan fingerprint density at radius 2 is 1.62 bits per heavy atom. The molecule has 5 nitrogen and oxygen atoms in total. The SMILES string of the molecule is CC(C)OC(=O)CCNC(=O)c1ccccc1C(=O)c1ccc(F)cc1. The first kappa shape index (κ1) is 19.3. The summed E-state index contributed by atoms with van der Waals surface area (Å²) in [5.74, 6) is -1.69. The maximum absolute atomic E-state index is 13.0. The Hall–Kier alpha value is -3.02. The molecule has 0 heterocycles. The van der Waals surface area contributed by atoms with Gasteiger partial charge in [-0.05, 0) is 44.2 Å². The van der Waals surface area contributed by atoms with E-state index in [0.29, 0.717) is 0 Å². The van der Waals surface area contributed by atoms with Gasteiger partial charge in [0.25, 0.3) is 5.91 Å². The molecule has 136 valence electrons. The van der Waals surface area contributed by atoms with Gasteiger partial charge in [0.05, 0.1) is 18.1 Å². The van der Waals surface area contributed by atoms with Crippen molar-refractivity contribution in [1.82, 2.24) is 5.32 Å². The Morgan fingerprint density at radius 3 is 2.23 bits per heavy atom. The minimum absolute atomic E-state index is 0.0397. The predicted molar refractivity (Wildman–Crippen MR) is 94.5 cm³/mol. The third-order valence-electron chi connectivity index (χ3n) is 3.50. The number of carbonyl (C=O) groups excluding carboxylic acids is 3. The number of esters is 1. The normalized spacial score (nSPS) is 10.5. The third-order valence-corrected chi connectivity index (χ3v) is 3.50. The maximum atomic E-state index is 13.0. The van der Waals surface area contributed by atoms with E-state index >= 15 is 0 Å². The van der Waals surface area contributed by atoms with Gasteiger partial charge in [0.1, 0.15) is 5.82 Å². The van der Waals surface area contributed by atoms with Crippen LogP contribution in [0.2, 0.25) is 0 Å². The Kier molecular flexibility index (Phi) is 6.60. The van der Waals surface area contributed by atoms with Crippen LogP contribution in [0.3, 0.4) is 0 Å². The molecule has 26 heavy (non-hydrogen) atoms. The number of ether oxygens (including phenoxy) is 1. The molecule has 0 saturated heterocycles. The van der Waals surface area contributed by atoms with Gasteiger partial charge in [0.2, 0.25) is 0 Å². The van der Waals surface area contributed by atoms with Crippen molar-refractivity contribution in [3.8, 4) is 0 Å². The molecule has 0 radical (unpaired) electrons. The minimum Gasteiger partial charge on any atom is -0.463 e. The minimum atomic E-state index is -0.464. The lowest BCUT2D eigenvalue weighted by Crippen LogP contribution is -2.28. The second-order valence-corrected chi connectivity index (χ2v) is 5.93. The highest BCUT2D eigenvalue weighted by Crippen LogP contribution is 2.15. The van der Waals surface area contributed by atoms with Crippen LogP contribution in [0.4, 0.5) is 4.39 Å². The largest absolute Gasteiger partial charge is 0.463 e. The number of nitrogens with one attached hydrogen (secondary N) is 1. The average molecular weight is 357 g/mol. The molecular weight excluding hydrogens is 337 g/mol. The zero-order valence-electron chi connectivity index (χ0n) is 14.6. The molecular formula is C20H20FNO4. The fourth-order valence-electron chi connectivity index (χ4n) is 2.33. The summed E-state index contributed by atoms with van der Waals surface area (Å²) in [6, 6.07) is 11.5. The summed E-state index contributed by atoms with van der Waals surface area (Å²) in [6.45, 7) is 3.59. The number of halogens is 1. The Labute approximate surface area is 151 Å². The number of carbonyl (C=O) groups is 3. The summed E-state index contributed by atoms with van der Waals surface area (Å²) in [7, 11) is 0. The van der Waals surface area contributed by atoms with Crippen LogP contribution in [0.25, 0.3) is 0 Å². The van der Waals surface area contributed by atoms with E-state index in [9.17, 15) is 18.8 Å². The van der Waals surface area contributed by atoms with Crippen LogP contribution in [0.1, 0.15) is 46.5 Å². The molecule has 0 aliphatic rings. The van der Waals surface area contributed by atoms with Crippen molar-refractivity contribution in [3.63, 3.8) is 0 Å². The molecule has 6 heteroatoms. The molecule has 1 N–H and O–H groups in total. The van der Waals surface area contributed by atoms with Crippen molar-refractivity contribution in [3.05, 3.63) is 71.0 Å². The van der Waals surface area contributed by atoms with Crippen LogP contribution in [-0.4, -0.2) is 30.3 Å². The van der Waals surface area contributed by atoms with Gasteiger partial charge in [-0.1, -0.05) is 18.2 Å². The van der Waals surface area contributed by atoms with Gasteiger partial charge in [-0.3, -0.25) is 14.4 Å². The summed E-state index contributed by atoms with van der Waals surface area (Å²) in [6.07, 6.45) is -0.176. The molecule has 2 aromatic carbocycles. The van der Waals surface area contributed by atoms with Crippen molar-refractivity contribution < 1.29 is 23.5 Å². The van der Waals surface area contributed by atoms with Crippen LogP contribution < -0.4 is 5.32 Å². The topological polar surface area (TPSA) is 72.5 Å². The molecule has 1 amide bonds. The van der Waals surface area contributed by atoms with Crippen LogP contribution in [0.5, 0.6) is 0 Å². The molecule has 0 bridgehead atoms. The van der Waals surface area contributed by atoms with E-state index in [0.717, 1.165) is 0 Å². The zero-order chi connectivity index (χ0) is 19.1. The van der Waals surface area contributed by atoms with Crippen LogP contribution in [-0.2, 0) is 9.53 Å². The van der Waals surface area contributed by atoms with Crippen molar-refractivity contribution in [2.24, 2.45) is 0 Å². The molecule has 0 aliphatic heterocycles. The van der Waals surface area contributed by atoms with Crippen molar-refractivity contribution in [2.75, 3.05) is 6.54 Å². The van der Waals surface area contributed by atoms with Gasteiger partial charge in [-0.15, -0.1) is 0 Å². The van der Waals surface area contributed by atoms with E-state index in [1.807, 2.05) is 0 Å². The van der Waals surface area contributed by atoms with E-state index in [1.54, 1.807) is 26.0 Å². The van der Waals surface area contributed by atoms with Crippen molar-refractivity contribution >= 4 is 17.7 Å². The van der Waals surface area contributed by atoms with E-state index in [-0.39, 0.29) is 41.5 Å². The maximum Gasteiger partial charge on any atom is 0.307 e. The second kappa shape index (κ2) is 8.89. The molecule has 2 aromatic rings. The van der Waals surface area contributed by atoms with Gasteiger partial charge in [-0.25, -0.2) is 4.39 Å². The Bertz CT molecular complexity index is 800. The highest BCUT2D eigenvalue weighted by Gasteiger charge is 2.18. The number of ketones is 1. The number of benzene rings is 2. The Morgan fingerprint density at radius 1 is 1.00 bits per heavy atom. The van der Waals surface area contributed by atoms with Crippen LogP contribution >= 0.6 is 0 Å². The summed E-state index contributed by atoms with van der Waals surface area (Å²) in [4.78, 5) is 36.5. The molecule has 0 aromatic heterocycles. The standard InChI is InChI=1S/C20H20FNO4/c1-13(2)26-18(23)11-12-22-20(25)17-6-4-3-5-16(17)19(24)14-7-9-15(21)10-8-14/h3-10,13H,11-12H2,1-2H3,(H,22,25). The highest BCUT2D eigenvalue weighted by atomic mass is 19.1. The van der Waals surface area contributed by atoms with Gasteiger partial charge < -0.3 is 10.1 Å². The molecule has 0 fully saturated rings. The predicted octanol–water partition coefficient (Wildman–Crippen LogP) is 3.13. The van der Waals surface area contributed by atoms with Crippen LogP contribution in [0.15, 0.2) is 48.5 Å². The Balaban J connectivity index is 2.08. The number of amides is 1. The zero-order valence-corrected chi connectivity index (χ0v) is 14.6. The molecule has 0 saturated carbocycles. The molecule has 2 rings (SSSR count). The highest BCUT2D eigenvalue weighted by molar-refractivity contribution is 6.15. The summed E-state index contributed by atoms with van der Waals surface area (Å²) in [5, 5.41) is 2.61. The van der Waals surface area contributed by atoms with E-state index in [2.05, 4.69) is 5.32 Å². The number of rotatable bonds is 7. The van der Waals surface area contributed by atoms with E-state index < -0.39 is 17.7 Å². The first-order chi connectivity index (χ1) is 12.4. The molecule has 0 atom stereocenters. The van der Waals surface area contributed by atoms with E-state index in [1.165, 1.54) is 36.4 Å². The second-order valence-electron chi connectivity index (χ2n) is 5.93. The lowest BCUT2D eigenvalue weighted by molar-refractivity contribution is -0.147. The summed E-state index contributed by atoms with van der Waals surface area (Å²) < 4.78 is 18.0. The first-order valence-electron chi connectivity index (χ1n) is 8.25. The van der Waals surface area contributed by atoms with Crippen molar-refractivity contribution in [2.45, 2.75) is 26.4 Å².